The van der Waals surface area contributed by atoms with Crippen molar-refractivity contribution in [2.45, 2.75) is 26.7 Å². The molecule has 1 N–H and O–H groups in total. The van der Waals surface area contributed by atoms with Crippen molar-refractivity contribution in [2.24, 2.45) is 29.6 Å². The molecule has 5 atom stereocenters. The van der Waals surface area contributed by atoms with Crippen LogP contribution in [0.1, 0.15) is 26.7 Å². The molecule has 1 saturated carbocycles. The molecule has 1 aromatic carbocycles. The van der Waals surface area contributed by atoms with Gasteiger partial charge in [-0.2, -0.15) is 0 Å². The second-order valence-electron chi connectivity index (χ2n) is 7.42. The molecule has 3 nitrogen and oxygen atoms in total. The molecule has 1 saturated heterocycles. The Labute approximate surface area is 134 Å². The Kier molecular flexibility index (Phi) is 4.53. The predicted molar refractivity (Wildman–Crippen MR) is 90.6 cm³/mol. The highest BCUT2D eigenvalue weighted by molar-refractivity contribution is 5.93. The molecule has 0 bridgehead atoms. The maximum Gasteiger partial charge on any atom is 0.229 e. The highest BCUT2D eigenvalue weighted by atomic mass is 16.2. The highest BCUT2D eigenvalue weighted by Gasteiger charge is 2.45. The summed E-state index contributed by atoms with van der Waals surface area (Å²) in [5, 5.41) is 3.12. The summed E-state index contributed by atoms with van der Waals surface area (Å²) < 4.78 is 0. The molecule has 0 aromatic heterocycles. The van der Waals surface area contributed by atoms with Crippen LogP contribution in [0.3, 0.4) is 0 Å². The highest BCUT2D eigenvalue weighted by Crippen LogP contribution is 2.45. The van der Waals surface area contributed by atoms with Gasteiger partial charge in [0.15, 0.2) is 0 Å². The third kappa shape index (κ3) is 3.05. The number of carbonyl (C=O) groups excluding carboxylic acids is 1. The average molecular weight is 300 g/mol. The van der Waals surface area contributed by atoms with Crippen LogP contribution in [0, 0.1) is 29.6 Å². The number of anilines is 1. The van der Waals surface area contributed by atoms with Crippen LogP contribution in [-0.2, 0) is 4.79 Å². The van der Waals surface area contributed by atoms with Crippen LogP contribution in [0.5, 0.6) is 0 Å². The van der Waals surface area contributed by atoms with Crippen molar-refractivity contribution in [3.63, 3.8) is 0 Å². The Morgan fingerprint density at radius 2 is 1.82 bits per heavy atom. The molecule has 1 aromatic rings. The second kappa shape index (κ2) is 6.41. The molecule has 0 radical (unpaired) electrons. The Balaban J connectivity index is 1.72. The fraction of sp³-hybridized carbons (Fsp3) is 0.632. The van der Waals surface area contributed by atoms with E-state index in [0.29, 0.717) is 11.8 Å². The van der Waals surface area contributed by atoms with Crippen LogP contribution in [-0.4, -0.2) is 30.9 Å². The Hall–Kier alpha value is -1.35. The number of nitrogens with one attached hydrogen (secondary N) is 1. The van der Waals surface area contributed by atoms with Crippen molar-refractivity contribution < 1.29 is 4.79 Å². The lowest BCUT2D eigenvalue weighted by Gasteiger charge is -2.28. The van der Waals surface area contributed by atoms with Crippen LogP contribution >= 0.6 is 0 Å². The first-order valence-electron chi connectivity index (χ1n) is 8.60. The number of hydrogen-bond donors (Lipinski definition) is 1. The topological polar surface area (TPSA) is 32.3 Å². The monoisotopic (exact) mass is 300 g/mol. The van der Waals surface area contributed by atoms with E-state index in [1.54, 1.807) is 0 Å². The van der Waals surface area contributed by atoms with Crippen LogP contribution in [0.25, 0.3) is 0 Å². The van der Waals surface area contributed by atoms with Gasteiger partial charge in [-0.1, -0.05) is 38.5 Å². The molecule has 0 spiro atoms. The SMILES string of the molecule is C[C@H]1[C@@H]([C@H]2CN(C)C[C@@H]2C(=O)Nc2ccccc2)CC[C@H]1C. The number of amides is 1. The van der Waals surface area contributed by atoms with E-state index < -0.39 is 0 Å². The van der Waals surface area contributed by atoms with Gasteiger partial charge in [-0.25, -0.2) is 0 Å². The Bertz CT molecular complexity index is 515. The van der Waals surface area contributed by atoms with E-state index in [1.807, 2.05) is 30.3 Å². The number of nitrogens with zero attached hydrogens (tertiary/aromatic N) is 1. The van der Waals surface area contributed by atoms with E-state index in [0.717, 1.165) is 30.6 Å². The molecule has 1 aliphatic heterocycles. The standard InChI is InChI=1S/C19H28N2O/c1-13-9-10-16(14(13)2)17-11-21(3)12-18(17)19(22)20-15-7-5-4-6-8-15/h4-8,13-14,16-18H,9-12H2,1-3H3,(H,20,22)/t13-,14-,16+,17-,18+/m1/s1. The summed E-state index contributed by atoms with van der Waals surface area (Å²) in [6.07, 6.45) is 2.61. The van der Waals surface area contributed by atoms with Crippen molar-refractivity contribution >= 4 is 11.6 Å². The van der Waals surface area contributed by atoms with Crippen molar-refractivity contribution in [2.75, 3.05) is 25.5 Å². The number of benzene rings is 1. The van der Waals surface area contributed by atoms with Gasteiger partial charge >= 0.3 is 0 Å². The van der Waals surface area contributed by atoms with Crippen LogP contribution in [0.4, 0.5) is 5.69 Å². The normalized spacial score (nSPS) is 35.7. The first kappa shape index (κ1) is 15.5. The smallest absolute Gasteiger partial charge is 0.229 e. The Morgan fingerprint density at radius 3 is 2.45 bits per heavy atom. The molecule has 3 rings (SSSR count). The first-order valence-corrected chi connectivity index (χ1v) is 8.60. The molecule has 1 aliphatic carbocycles. The van der Waals surface area contributed by atoms with Crippen molar-refractivity contribution in [1.29, 1.82) is 0 Å². The minimum atomic E-state index is 0.128. The summed E-state index contributed by atoms with van der Waals surface area (Å²) in [6, 6.07) is 9.84. The van der Waals surface area contributed by atoms with Gasteiger partial charge in [0.1, 0.15) is 0 Å². The van der Waals surface area contributed by atoms with E-state index in [4.69, 9.17) is 0 Å². The molecule has 2 fully saturated rings. The number of carbonyl (C=O) groups is 1. The second-order valence-corrected chi connectivity index (χ2v) is 7.42. The molecule has 120 valence electrons. The molecule has 0 unspecified atom stereocenters. The molecular formula is C19H28N2O. The van der Waals surface area contributed by atoms with E-state index in [2.05, 4.69) is 31.1 Å². The number of likely N-dealkylation sites (tertiary alicyclic amines) is 1. The lowest BCUT2D eigenvalue weighted by Crippen LogP contribution is -2.33. The summed E-state index contributed by atoms with van der Waals surface area (Å²) in [5.41, 5.74) is 0.911. The summed E-state index contributed by atoms with van der Waals surface area (Å²) >= 11 is 0. The van der Waals surface area contributed by atoms with E-state index in [9.17, 15) is 4.79 Å². The maximum absolute atomic E-state index is 12.8. The van der Waals surface area contributed by atoms with E-state index in [-0.39, 0.29) is 11.8 Å². The van der Waals surface area contributed by atoms with Gasteiger partial charge < -0.3 is 10.2 Å². The van der Waals surface area contributed by atoms with Crippen molar-refractivity contribution in [1.82, 2.24) is 4.90 Å². The number of hydrogen-bond acceptors (Lipinski definition) is 2. The lowest BCUT2D eigenvalue weighted by molar-refractivity contribution is -0.121. The molecule has 1 amide bonds. The molecule has 22 heavy (non-hydrogen) atoms. The van der Waals surface area contributed by atoms with Crippen molar-refractivity contribution in [3.05, 3.63) is 30.3 Å². The maximum atomic E-state index is 12.8. The van der Waals surface area contributed by atoms with Crippen LogP contribution in [0.2, 0.25) is 0 Å². The predicted octanol–water partition coefficient (Wildman–Crippen LogP) is 3.49. The van der Waals surface area contributed by atoms with Crippen LogP contribution < -0.4 is 5.32 Å². The number of para-hydroxylation sites is 1. The fourth-order valence-electron chi connectivity index (χ4n) is 4.51. The van der Waals surface area contributed by atoms with Crippen LogP contribution in [0.15, 0.2) is 30.3 Å². The minimum absolute atomic E-state index is 0.128. The summed E-state index contributed by atoms with van der Waals surface area (Å²) in [6.45, 7) is 6.70. The van der Waals surface area contributed by atoms with Crippen molar-refractivity contribution in [3.8, 4) is 0 Å². The van der Waals surface area contributed by atoms with Gasteiger partial charge in [-0.15, -0.1) is 0 Å². The lowest BCUT2D eigenvalue weighted by atomic mass is 9.77. The first-order chi connectivity index (χ1) is 10.6. The molecule has 2 aliphatic rings. The third-order valence-corrected chi connectivity index (χ3v) is 6.00. The van der Waals surface area contributed by atoms with Gasteiger partial charge in [-0.05, 0) is 49.3 Å². The van der Waals surface area contributed by atoms with Gasteiger partial charge in [0, 0.05) is 18.8 Å². The molecule has 1 heterocycles. The van der Waals surface area contributed by atoms with Gasteiger partial charge in [0.05, 0.1) is 5.92 Å². The third-order valence-electron chi connectivity index (χ3n) is 6.00. The summed E-state index contributed by atoms with van der Waals surface area (Å²) in [4.78, 5) is 15.1. The molecule has 3 heteroatoms. The zero-order chi connectivity index (χ0) is 15.7. The Morgan fingerprint density at radius 1 is 1.09 bits per heavy atom. The summed E-state index contributed by atoms with van der Waals surface area (Å²) in [5.74, 6) is 3.08. The summed E-state index contributed by atoms with van der Waals surface area (Å²) in [7, 11) is 2.14. The van der Waals surface area contributed by atoms with E-state index >= 15 is 0 Å². The average Bonchev–Trinajstić information content (AvgIpc) is 3.04. The largest absolute Gasteiger partial charge is 0.326 e. The molecular weight excluding hydrogens is 272 g/mol. The van der Waals surface area contributed by atoms with Gasteiger partial charge in [-0.3, -0.25) is 4.79 Å². The quantitative estimate of drug-likeness (QED) is 0.927. The minimum Gasteiger partial charge on any atom is -0.326 e. The van der Waals surface area contributed by atoms with Gasteiger partial charge in [0.25, 0.3) is 0 Å². The zero-order valence-corrected chi connectivity index (χ0v) is 14.0. The van der Waals surface area contributed by atoms with E-state index in [1.165, 1.54) is 12.8 Å². The fourth-order valence-corrected chi connectivity index (χ4v) is 4.51. The van der Waals surface area contributed by atoms with Gasteiger partial charge in [0.2, 0.25) is 5.91 Å². The number of rotatable bonds is 3. The zero-order valence-electron chi connectivity index (χ0n) is 14.0.